The highest BCUT2D eigenvalue weighted by Crippen LogP contribution is 2.25. The molecule has 2 aromatic rings. The summed E-state index contributed by atoms with van der Waals surface area (Å²) in [5.41, 5.74) is 2.57. The van der Waals surface area contributed by atoms with Crippen LogP contribution in [0.5, 0.6) is 11.5 Å². The first-order chi connectivity index (χ1) is 9.85. The monoisotopic (exact) mass is 270 g/mol. The third-order valence-electron chi connectivity index (χ3n) is 3.51. The zero-order valence-corrected chi connectivity index (χ0v) is 11.8. The lowest BCUT2D eigenvalue weighted by Gasteiger charge is -2.26. The van der Waals surface area contributed by atoms with E-state index in [-0.39, 0.29) is 0 Å². The molecule has 1 heterocycles. The lowest BCUT2D eigenvalue weighted by molar-refractivity contribution is -0.945. The quantitative estimate of drug-likeness (QED) is 0.918. The fourth-order valence-electron chi connectivity index (χ4n) is 2.59. The van der Waals surface area contributed by atoms with E-state index >= 15 is 0 Å². The van der Waals surface area contributed by atoms with Gasteiger partial charge in [0, 0.05) is 5.56 Å². The molecule has 20 heavy (non-hydrogen) atoms. The van der Waals surface area contributed by atoms with E-state index in [2.05, 4.69) is 36.4 Å². The Morgan fingerprint density at radius 2 is 2.00 bits per heavy atom. The van der Waals surface area contributed by atoms with E-state index in [0.29, 0.717) is 6.61 Å². The maximum Gasteiger partial charge on any atom is 0.222 e. The van der Waals surface area contributed by atoms with E-state index in [1.54, 1.807) is 0 Å². The lowest BCUT2D eigenvalue weighted by atomic mass is 10.1. The van der Waals surface area contributed by atoms with E-state index in [1.807, 2.05) is 19.1 Å². The Bertz CT molecular complexity index is 568. The molecule has 3 heteroatoms. The van der Waals surface area contributed by atoms with Gasteiger partial charge in [-0.15, -0.1) is 0 Å². The fourth-order valence-corrected chi connectivity index (χ4v) is 2.59. The third-order valence-corrected chi connectivity index (χ3v) is 3.51. The van der Waals surface area contributed by atoms with Crippen LogP contribution in [0.2, 0.25) is 0 Å². The number of rotatable bonds is 4. The second kappa shape index (κ2) is 5.97. The number of ether oxygens (including phenoxy) is 2. The highest BCUT2D eigenvalue weighted by molar-refractivity contribution is 5.40. The molecule has 0 bridgehead atoms. The van der Waals surface area contributed by atoms with Gasteiger partial charge >= 0.3 is 0 Å². The Balaban J connectivity index is 1.72. The number of hydrogen-bond donors (Lipinski definition) is 1. The molecule has 1 N–H and O–H groups in total. The van der Waals surface area contributed by atoms with Gasteiger partial charge in [0.05, 0.1) is 12.2 Å². The minimum absolute atomic E-state index is 0.695. The van der Waals surface area contributed by atoms with E-state index in [1.165, 1.54) is 16.0 Å². The van der Waals surface area contributed by atoms with Crippen molar-refractivity contribution < 1.29 is 14.4 Å². The summed E-state index contributed by atoms with van der Waals surface area (Å²) in [5, 5.41) is 0. The summed E-state index contributed by atoms with van der Waals surface area (Å²) >= 11 is 0. The SMILES string of the molecule is CCOc1ccc2c(c1)C[NH+](Cc1ccccc1)CO2. The molecule has 1 atom stereocenters. The predicted molar refractivity (Wildman–Crippen MR) is 77.9 cm³/mol. The molecule has 1 unspecified atom stereocenters. The van der Waals surface area contributed by atoms with Crippen molar-refractivity contribution in [3.05, 3.63) is 59.7 Å². The summed E-state index contributed by atoms with van der Waals surface area (Å²) in [4.78, 5) is 1.41. The number of hydrogen-bond acceptors (Lipinski definition) is 2. The molecule has 0 amide bonds. The zero-order chi connectivity index (χ0) is 13.8. The number of benzene rings is 2. The number of fused-ring (bicyclic) bond motifs is 1. The summed E-state index contributed by atoms with van der Waals surface area (Å²) in [5.74, 6) is 1.92. The summed E-state index contributed by atoms with van der Waals surface area (Å²) in [6.07, 6.45) is 0. The van der Waals surface area contributed by atoms with E-state index in [4.69, 9.17) is 9.47 Å². The molecule has 0 spiro atoms. The number of quaternary nitrogens is 1. The van der Waals surface area contributed by atoms with E-state index < -0.39 is 0 Å². The van der Waals surface area contributed by atoms with Crippen LogP contribution in [0.15, 0.2) is 48.5 Å². The van der Waals surface area contributed by atoms with Gasteiger partial charge in [0.2, 0.25) is 6.73 Å². The van der Waals surface area contributed by atoms with Crippen LogP contribution in [0.25, 0.3) is 0 Å². The molecule has 3 rings (SSSR count). The van der Waals surface area contributed by atoms with Crippen LogP contribution in [-0.2, 0) is 13.1 Å². The molecule has 1 aliphatic rings. The van der Waals surface area contributed by atoms with Gasteiger partial charge in [-0.2, -0.15) is 0 Å². The topological polar surface area (TPSA) is 22.9 Å². The summed E-state index contributed by atoms with van der Waals surface area (Å²) in [7, 11) is 0. The molecule has 1 aliphatic heterocycles. The highest BCUT2D eigenvalue weighted by Gasteiger charge is 2.21. The van der Waals surface area contributed by atoms with Gasteiger partial charge < -0.3 is 9.47 Å². The van der Waals surface area contributed by atoms with Crippen molar-refractivity contribution in [1.82, 2.24) is 0 Å². The lowest BCUT2D eigenvalue weighted by Crippen LogP contribution is -3.10. The van der Waals surface area contributed by atoms with Crippen LogP contribution in [-0.4, -0.2) is 13.3 Å². The van der Waals surface area contributed by atoms with Crippen LogP contribution in [0.1, 0.15) is 18.1 Å². The van der Waals surface area contributed by atoms with Crippen molar-refractivity contribution in [2.24, 2.45) is 0 Å². The van der Waals surface area contributed by atoms with Crippen molar-refractivity contribution in [3.63, 3.8) is 0 Å². The van der Waals surface area contributed by atoms with Crippen LogP contribution >= 0.6 is 0 Å². The molecule has 0 saturated heterocycles. The van der Waals surface area contributed by atoms with Gasteiger partial charge in [-0.3, -0.25) is 4.90 Å². The summed E-state index contributed by atoms with van der Waals surface area (Å²) in [6.45, 7) is 5.38. The van der Waals surface area contributed by atoms with Crippen molar-refractivity contribution in [2.75, 3.05) is 13.3 Å². The third kappa shape index (κ3) is 2.94. The second-order valence-electron chi connectivity index (χ2n) is 5.08. The van der Waals surface area contributed by atoms with Crippen molar-refractivity contribution in [3.8, 4) is 11.5 Å². The van der Waals surface area contributed by atoms with E-state index in [9.17, 15) is 0 Å². The van der Waals surface area contributed by atoms with Crippen LogP contribution in [0.4, 0.5) is 0 Å². The van der Waals surface area contributed by atoms with Gasteiger partial charge in [-0.05, 0) is 25.1 Å². The Morgan fingerprint density at radius 3 is 2.80 bits per heavy atom. The smallest absolute Gasteiger partial charge is 0.222 e. The highest BCUT2D eigenvalue weighted by atomic mass is 16.5. The summed E-state index contributed by atoms with van der Waals surface area (Å²) < 4.78 is 11.4. The largest absolute Gasteiger partial charge is 0.494 e. The maximum atomic E-state index is 5.85. The Hall–Kier alpha value is -2.00. The number of nitrogens with one attached hydrogen (secondary N) is 1. The average molecular weight is 270 g/mol. The molecule has 0 saturated carbocycles. The van der Waals surface area contributed by atoms with Gasteiger partial charge in [-0.1, -0.05) is 30.3 Å². The minimum atomic E-state index is 0.695. The van der Waals surface area contributed by atoms with Crippen molar-refractivity contribution >= 4 is 0 Å². The normalized spacial score (nSPS) is 17.1. The maximum absolute atomic E-state index is 5.85. The van der Waals surface area contributed by atoms with Crippen molar-refractivity contribution in [1.29, 1.82) is 0 Å². The average Bonchev–Trinajstić information content (AvgIpc) is 2.48. The Morgan fingerprint density at radius 1 is 1.15 bits per heavy atom. The molecular weight excluding hydrogens is 250 g/mol. The molecule has 0 aromatic heterocycles. The molecular formula is C17H20NO2+. The van der Waals surface area contributed by atoms with Gasteiger partial charge in [0.25, 0.3) is 0 Å². The Kier molecular flexibility index (Phi) is 3.88. The van der Waals surface area contributed by atoms with Gasteiger partial charge in [-0.25, -0.2) is 0 Å². The molecule has 0 radical (unpaired) electrons. The minimum Gasteiger partial charge on any atom is -0.494 e. The first-order valence-corrected chi connectivity index (χ1v) is 7.11. The standard InChI is InChI=1S/C17H19NO2/c1-2-19-16-8-9-17-15(10-16)12-18(13-20-17)11-14-6-4-3-5-7-14/h3-10H,2,11-13H2,1H3/p+1. The molecule has 0 aliphatic carbocycles. The molecule has 3 nitrogen and oxygen atoms in total. The predicted octanol–water partition coefficient (Wildman–Crippen LogP) is 2.02. The molecule has 2 aromatic carbocycles. The first kappa shape index (κ1) is 13.0. The molecule has 104 valence electrons. The first-order valence-electron chi connectivity index (χ1n) is 7.11. The summed E-state index contributed by atoms with van der Waals surface area (Å²) in [6, 6.07) is 16.6. The van der Waals surface area contributed by atoms with E-state index in [0.717, 1.165) is 31.3 Å². The molecule has 0 fully saturated rings. The van der Waals surface area contributed by atoms with Crippen LogP contribution in [0.3, 0.4) is 0 Å². The Labute approximate surface area is 119 Å². The fraction of sp³-hybridized carbons (Fsp3) is 0.294. The van der Waals surface area contributed by atoms with Crippen LogP contribution < -0.4 is 14.4 Å². The zero-order valence-electron chi connectivity index (χ0n) is 11.8. The van der Waals surface area contributed by atoms with Crippen molar-refractivity contribution in [2.45, 2.75) is 20.0 Å². The van der Waals surface area contributed by atoms with Crippen LogP contribution in [0, 0.1) is 0 Å². The second-order valence-corrected chi connectivity index (χ2v) is 5.08. The van der Waals surface area contributed by atoms with Gasteiger partial charge in [0.1, 0.15) is 24.6 Å². The van der Waals surface area contributed by atoms with Gasteiger partial charge in [0.15, 0.2) is 0 Å².